The SMILES string of the molecule is C=C(C=O)[C@H]1CC(=O)[C@@H](C(=O)OC)[C@@H]2O[C@@](C)(CC2=O)C[C@@H]2OC(=O)C3(O[C@@H]23)[C@H](OC(C)=O)C1. The molecular formula is C23H26O11. The molecule has 0 N–H and O–H groups in total. The van der Waals surface area contributed by atoms with E-state index in [4.69, 9.17) is 23.7 Å². The van der Waals surface area contributed by atoms with E-state index in [2.05, 4.69) is 6.58 Å². The van der Waals surface area contributed by atoms with Gasteiger partial charge in [0.15, 0.2) is 11.6 Å². The second-order valence-electron chi connectivity index (χ2n) is 9.51. The number of aldehydes is 1. The summed E-state index contributed by atoms with van der Waals surface area (Å²) in [7, 11) is 1.09. The smallest absolute Gasteiger partial charge is 0.345 e. The van der Waals surface area contributed by atoms with Crippen molar-refractivity contribution in [2.75, 3.05) is 7.11 Å². The molecule has 34 heavy (non-hydrogen) atoms. The zero-order valence-corrected chi connectivity index (χ0v) is 19.1. The van der Waals surface area contributed by atoms with Gasteiger partial charge in [-0.25, -0.2) is 4.79 Å². The molecule has 11 nitrogen and oxygen atoms in total. The molecule has 8 atom stereocenters. The number of esters is 3. The molecule has 0 amide bonds. The molecule has 4 aliphatic rings. The van der Waals surface area contributed by atoms with E-state index >= 15 is 0 Å². The molecule has 4 rings (SSSR count). The van der Waals surface area contributed by atoms with Gasteiger partial charge in [0.2, 0.25) is 5.60 Å². The van der Waals surface area contributed by atoms with Crippen LogP contribution >= 0.6 is 0 Å². The predicted molar refractivity (Wildman–Crippen MR) is 109 cm³/mol. The first-order valence-electron chi connectivity index (χ1n) is 11.0. The van der Waals surface area contributed by atoms with E-state index in [1.54, 1.807) is 6.92 Å². The Morgan fingerprint density at radius 1 is 1.18 bits per heavy atom. The highest BCUT2D eigenvalue weighted by Gasteiger charge is 2.78. The number of Topliss-reactive ketones (excluding diaryl/α,β-unsaturated/α-hetero) is 2. The molecule has 4 heterocycles. The molecule has 0 saturated carbocycles. The average molecular weight is 478 g/mol. The van der Waals surface area contributed by atoms with Crippen LogP contribution in [0.4, 0.5) is 0 Å². The van der Waals surface area contributed by atoms with Gasteiger partial charge in [0.25, 0.3) is 0 Å². The van der Waals surface area contributed by atoms with Crippen molar-refractivity contribution >= 4 is 35.8 Å². The lowest BCUT2D eigenvalue weighted by Gasteiger charge is -2.29. The molecule has 11 heteroatoms. The van der Waals surface area contributed by atoms with Crippen molar-refractivity contribution in [1.29, 1.82) is 0 Å². The minimum Gasteiger partial charge on any atom is -0.468 e. The summed E-state index contributed by atoms with van der Waals surface area (Å²) >= 11 is 0. The van der Waals surface area contributed by atoms with Crippen molar-refractivity contribution in [3.8, 4) is 0 Å². The summed E-state index contributed by atoms with van der Waals surface area (Å²) in [5.74, 6) is -5.98. The third kappa shape index (κ3) is 3.86. The normalized spacial score (nSPS) is 41.2. The number of hydrogen-bond donors (Lipinski definition) is 0. The van der Waals surface area contributed by atoms with Crippen LogP contribution in [-0.2, 0) is 52.5 Å². The second-order valence-corrected chi connectivity index (χ2v) is 9.51. The van der Waals surface area contributed by atoms with Crippen LogP contribution < -0.4 is 0 Å². The lowest BCUT2D eigenvalue weighted by Crippen LogP contribution is -2.43. The standard InChI is InChI=1S/C23H26O11/c1-10(9-24)12-5-13(26)17(20(28)30-4)18-14(27)7-22(3,33-18)8-15-19-23(34-19,21(29)32-15)16(6-12)31-11(2)25/h9,12,15-19H,1,5-8H2,2-4H3/t12-,15-,16+,17+,18+,19-,22-,23?/m0/s1. The maximum Gasteiger partial charge on any atom is 0.345 e. The maximum absolute atomic E-state index is 13.3. The summed E-state index contributed by atoms with van der Waals surface area (Å²) in [6, 6.07) is 0. The van der Waals surface area contributed by atoms with Crippen molar-refractivity contribution in [3.63, 3.8) is 0 Å². The minimum atomic E-state index is -1.59. The fourth-order valence-electron chi connectivity index (χ4n) is 5.36. The third-order valence-corrected chi connectivity index (χ3v) is 7.03. The van der Waals surface area contributed by atoms with Gasteiger partial charge in [0.1, 0.15) is 36.6 Å². The van der Waals surface area contributed by atoms with E-state index in [-0.39, 0.29) is 24.8 Å². The average Bonchev–Trinajstić information content (AvgIpc) is 3.38. The number of carbonyl (C=O) groups excluding carboxylic acids is 6. The molecule has 0 spiro atoms. The third-order valence-electron chi connectivity index (χ3n) is 7.03. The number of ketones is 2. The fraction of sp³-hybridized carbons (Fsp3) is 0.652. The highest BCUT2D eigenvalue weighted by molar-refractivity contribution is 6.05. The van der Waals surface area contributed by atoms with Gasteiger partial charge in [0.05, 0.1) is 12.7 Å². The molecule has 0 aliphatic carbocycles. The van der Waals surface area contributed by atoms with Gasteiger partial charge in [0, 0.05) is 26.2 Å². The van der Waals surface area contributed by atoms with Crippen LogP contribution in [0.1, 0.15) is 39.5 Å². The number of epoxide rings is 1. The fourth-order valence-corrected chi connectivity index (χ4v) is 5.36. The number of carbonyl (C=O) groups is 6. The Morgan fingerprint density at radius 3 is 2.47 bits per heavy atom. The molecule has 0 aromatic heterocycles. The molecule has 4 fully saturated rings. The largest absolute Gasteiger partial charge is 0.468 e. The Balaban J connectivity index is 1.78. The summed E-state index contributed by atoms with van der Waals surface area (Å²) in [5, 5.41) is 0. The van der Waals surface area contributed by atoms with E-state index < -0.39 is 83.3 Å². The molecule has 4 saturated heterocycles. The number of rotatable bonds is 4. The first-order chi connectivity index (χ1) is 16.0. The molecule has 0 aromatic rings. The molecule has 0 radical (unpaired) electrons. The van der Waals surface area contributed by atoms with Gasteiger partial charge in [-0.15, -0.1) is 0 Å². The van der Waals surface area contributed by atoms with Crippen molar-refractivity contribution in [2.24, 2.45) is 11.8 Å². The lowest BCUT2D eigenvalue weighted by molar-refractivity contribution is -0.169. The summed E-state index contributed by atoms with van der Waals surface area (Å²) in [6.45, 7) is 6.47. The second kappa shape index (κ2) is 8.38. The van der Waals surface area contributed by atoms with Crippen molar-refractivity contribution in [2.45, 2.75) is 75.1 Å². The first kappa shape index (κ1) is 24.2. The summed E-state index contributed by atoms with van der Waals surface area (Å²) in [4.78, 5) is 75.0. The number of ether oxygens (including phenoxy) is 5. The van der Waals surface area contributed by atoms with Gasteiger partial charge in [-0.1, -0.05) is 6.58 Å². The number of methoxy groups -OCH3 is 1. The Kier molecular flexibility index (Phi) is 5.97. The van der Waals surface area contributed by atoms with Crippen LogP contribution in [-0.4, -0.2) is 78.5 Å². The zero-order chi connectivity index (χ0) is 25.0. The Hall–Kier alpha value is -2.92. The molecule has 4 aliphatic heterocycles. The summed E-state index contributed by atoms with van der Waals surface area (Å²) in [5.41, 5.74) is -2.74. The van der Waals surface area contributed by atoms with Crippen LogP contribution in [0.2, 0.25) is 0 Å². The van der Waals surface area contributed by atoms with Gasteiger partial charge in [-0.2, -0.15) is 0 Å². The topological polar surface area (TPSA) is 152 Å². The minimum absolute atomic E-state index is 0.0102. The van der Waals surface area contributed by atoms with Crippen LogP contribution in [0.3, 0.4) is 0 Å². The molecule has 4 bridgehead atoms. The van der Waals surface area contributed by atoms with Crippen LogP contribution in [0.5, 0.6) is 0 Å². The van der Waals surface area contributed by atoms with Crippen LogP contribution in [0, 0.1) is 11.8 Å². The highest BCUT2D eigenvalue weighted by atomic mass is 16.7. The van der Waals surface area contributed by atoms with E-state index in [0.29, 0.717) is 6.29 Å². The monoisotopic (exact) mass is 478 g/mol. The zero-order valence-electron chi connectivity index (χ0n) is 19.1. The van der Waals surface area contributed by atoms with E-state index in [1.165, 1.54) is 0 Å². The van der Waals surface area contributed by atoms with E-state index in [9.17, 15) is 28.8 Å². The Labute approximate surface area is 195 Å². The molecule has 1 unspecified atom stereocenters. The van der Waals surface area contributed by atoms with E-state index in [0.717, 1.165) is 14.0 Å². The van der Waals surface area contributed by atoms with Crippen molar-refractivity contribution in [3.05, 3.63) is 12.2 Å². The first-order valence-corrected chi connectivity index (χ1v) is 11.0. The highest BCUT2D eigenvalue weighted by Crippen LogP contribution is 2.54. The quantitative estimate of drug-likeness (QED) is 0.134. The van der Waals surface area contributed by atoms with Crippen molar-refractivity contribution < 1.29 is 52.5 Å². The number of fused-ring (bicyclic) bond motifs is 2. The maximum atomic E-state index is 13.3. The number of hydrogen-bond acceptors (Lipinski definition) is 11. The van der Waals surface area contributed by atoms with Gasteiger partial charge < -0.3 is 23.7 Å². The molecule has 184 valence electrons. The van der Waals surface area contributed by atoms with Crippen LogP contribution in [0.15, 0.2) is 12.2 Å². The number of allylic oxidation sites excluding steroid dienone is 1. The van der Waals surface area contributed by atoms with Crippen molar-refractivity contribution in [1.82, 2.24) is 0 Å². The predicted octanol–water partition coefficient (Wildman–Crippen LogP) is 0.0113. The van der Waals surface area contributed by atoms with E-state index in [1.807, 2.05) is 0 Å². The van der Waals surface area contributed by atoms with Gasteiger partial charge in [-0.3, -0.25) is 24.0 Å². The molecular weight excluding hydrogens is 452 g/mol. The Bertz CT molecular complexity index is 985. The van der Waals surface area contributed by atoms with Crippen LogP contribution in [0.25, 0.3) is 0 Å². The summed E-state index contributed by atoms with van der Waals surface area (Å²) < 4.78 is 27.4. The summed E-state index contributed by atoms with van der Waals surface area (Å²) in [6.07, 6.45) is -4.30. The Morgan fingerprint density at radius 2 is 1.88 bits per heavy atom. The lowest BCUT2D eigenvalue weighted by atomic mass is 9.80. The van der Waals surface area contributed by atoms with Gasteiger partial charge in [-0.05, 0) is 24.8 Å². The van der Waals surface area contributed by atoms with Gasteiger partial charge >= 0.3 is 17.9 Å². The molecule has 0 aromatic carbocycles.